The zero-order valence-electron chi connectivity index (χ0n) is 5.26. The molecule has 6 heteroatoms. The second-order valence-electron chi connectivity index (χ2n) is 0.316. The fourth-order valence-electron chi connectivity index (χ4n) is 0. The van der Waals surface area contributed by atoms with Gasteiger partial charge in [-0.15, -0.1) is 0 Å². The van der Waals surface area contributed by atoms with Crippen LogP contribution in [0.15, 0.2) is 0 Å². The van der Waals surface area contributed by atoms with Gasteiger partial charge in [0.15, 0.2) is 0 Å². The van der Waals surface area contributed by atoms with Crippen LogP contribution in [-0.2, 0) is 0 Å². The van der Waals surface area contributed by atoms with Crippen molar-refractivity contribution in [1.82, 2.24) is 0 Å². The minimum absolute atomic E-state index is 0. The summed E-state index contributed by atoms with van der Waals surface area (Å²) in [5, 5.41) is 7.57. The summed E-state index contributed by atoms with van der Waals surface area (Å²) in [6, 6.07) is 0. The molecular formula is C2H13N2NaO3. The Morgan fingerprint density at radius 1 is 1.38 bits per heavy atom. The van der Waals surface area contributed by atoms with Gasteiger partial charge in [-0.2, -0.15) is 0 Å². The summed E-state index contributed by atoms with van der Waals surface area (Å²) < 4.78 is 0. The van der Waals surface area contributed by atoms with Crippen molar-refractivity contribution in [2.45, 2.75) is 6.92 Å². The number of hydrogen-bond donors (Lipinski definition) is 3. The molecule has 0 spiro atoms. The van der Waals surface area contributed by atoms with Gasteiger partial charge in [0.2, 0.25) is 0 Å². The summed E-state index contributed by atoms with van der Waals surface area (Å²) in [5.74, 6) is 8.00. The minimum Gasteiger partial charge on any atom is -0.870 e. The smallest absolute Gasteiger partial charge is 0.870 e. The predicted octanol–water partition coefficient (Wildman–Crippen LogP) is -5.18. The van der Waals surface area contributed by atoms with E-state index in [4.69, 9.17) is 5.11 Å². The molecule has 0 aliphatic carbocycles. The Morgan fingerprint density at radius 2 is 1.38 bits per heavy atom. The maximum atomic E-state index is 7.57. The largest absolute Gasteiger partial charge is 1.00 e. The van der Waals surface area contributed by atoms with Gasteiger partial charge in [-0.1, -0.05) is 0 Å². The molecule has 0 bridgehead atoms. The quantitative estimate of drug-likeness (QED) is 0.174. The number of aliphatic hydroxyl groups excluding tert-OH is 1. The average molecular weight is 136 g/mol. The van der Waals surface area contributed by atoms with Crippen molar-refractivity contribution in [1.29, 1.82) is 0 Å². The summed E-state index contributed by atoms with van der Waals surface area (Å²) in [6.45, 7) is 1.93. The molecule has 0 aliphatic rings. The third-order valence-electron chi connectivity index (χ3n) is 0. The van der Waals surface area contributed by atoms with Crippen LogP contribution in [0.1, 0.15) is 6.92 Å². The number of hydrogen-bond acceptors (Lipinski definition) is 4. The van der Waals surface area contributed by atoms with Crippen LogP contribution in [0.2, 0.25) is 0 Å². The molecular weight excluding hydrogens is 123 g/mol. The van der Waals surface area contributed by atoms with Crippen molar-refractivity contribution in [3.8, 4) is 0 Å². The second kappa shape index (κ2) is 111. The van der Waals surface area contributed by atoms with Gasteiger partial charge in [-0.25, -0.2) is 0 Å². The maximum absolute atomic E-state index is 7.57. The van der Waals surface area contributed by atoms with Gasteiger partial charge >= 0.3 is 29.6 Å². The molecule has 0 radical (unpaired) electrons. The van der Waals surface area contributed by atoms with E-state index in [9.17, 15) is 0 Å². The number of nitrogens with two attached hydrogens (primary N) is 2. The molecule has 0 fully saturated rings. The molecule has 8 N–H and O–H groups in total. The fourth-order valence-corrected chi connectivity index (χ4v) is 0. The molecule has 8 heavy (non-hydrogen) atoms. The summed E-state index contributed by atoms with van der Waals surface area (Å²) in [6.07, 6.45) is 0. The van der Waals surface area contributed by atoms with E-state index < -0.39 is 0 Å². The van der Waals surface area contributed by atoms with Crippen LogP contribution in [0.4, 0.5) is 0 Å². The van der Waals surface area contributed by atoms with Crippen molar-refractivity contribution in [3.05, 3.63) is 0 Å². The third-order valence-corrected chi connectivity index (χ3v) is 0. The molecule has 0 aromatic rings. The van der Waals surface area contributed by atoms with E-state index in [0.717, 1.165) is 0 Å². The second-order valence-corrected chi connectivity index (χ2v) is 0.316. The van der Waals surface area contributed by atoms with E-state index in [1.54, 1.807) is 6.92 Å². The fraction of sp³-hybridized carbons (Fsp3) is 1.00. The predicted molar refractivity (Wildman–Crippen MR) is 26.7 cm³/mol. The van der Waals surface area contributed by atoms with Crippen molar-refractivity contribution >= 4 is 0 Å². The standard InChI is InChI=1S/C2H6O.H4N2.Na.2H2O/c1-2-3;1-2;;;/h3H,2H2,1H3;1-2H2;;2*1H2/q;;+1;;/p-1. The third kappa shape index (κ3) is 357. The van der Waals surface area contributed by atoms with E-state index >= 15 is 0 Å². The van der Waals surface area contributed by atoms with Crippen LogP contribution in [0, 0.1) is 0 Å². The van der Waals surface area contributed by atoms with E-state index in [1.165, 1.54) is 0 Å². The molecule has 0 atom stereocenters. The van der Waals surface area contributed by atoms with E-state index in [0.29, 0.717) is 0 Å². The van der Waals surface area contributed by atoms with E-state index in [1.807, 2.05) is 0 Å². The molecule has 0 amide bonds. The Balaban J connectivity index is -0.00000000567. The van der Waals surface area contributed by atoms with Crippen molar-refractivity contribution in [2.24, 2.45) is 11.7 Å². The van der Waals surface area contributed by atoms with Crippen LogP contribution in [0.5, 0.6) is 0 Å². The first-order valence-corrected chi connectivity index (χ1v) is 1.36. The Hall–Kier alpha value is 0.800. The minimum atomic E-state index is 0. The number of hydrazine groups is 1. The number of aliphatic hydroxyl groups is 1. The zero-order chi connectivity index (χ0) is 4.71. The molecule has 0 aliphatic heterocycles. The van der Waals surface area contributed by atoms with Gasteiger partial charge < -0.3 is 16.1 Å². The molecule has 0 saturated heterocycles. The normalized spacial score (nSPS) is 3.00. The van der Waals surface area contributed by atoms with Gasteiger partial charge in [0.1, 0.15) is 0 Å². The zero-order valence-corrected chi connectivity index (χ0v) is 7.26. The average Bonchev–Trinajstić information content (AvgIpc) is 1.46. The van der Waals surface area contributed by atoms with Crippen molar-refractivity contribution < 1.29 is 45.6 Å². The van der Waals surface area contributed by atoms with Gasteiger partial charge in [0.05, 0.1) is 0 Å². The van der Waals surface area contributed by atoms with Crippen LogP contribution >= 0.6 is 0 Å². The van der Waals surface area contributed by atoms with E-state index in [2.05, 4.69) is 11.7 Å². The van der Waals surface area contributed by atoms with Crippen LogP contribution in [0.25, 0.3) is 0 Å². The van der Waals surface area contributed by atoms with Gasteiger partial charge in [0, 0.05) is 6.61 Å². The molecule has 0 heterocycles. The SMILES string of the molecule is CCO.NN.O.[Na+].[OH-]. The maximum Gasteiger partial charge on any atom is 1.00 e. The van der Waals surface area contributed by atoms with Crippen LogP contribution in [-0.4, -0.2) is 22.7 Å². The summed E-state index contributed by atoms with van der Waals surface area (Å²) >= 11 is 0. The molecule has 0 rings (SSSR count). The van der Waals surface area contributed by atoms with Crippen molar-refractivity contribution in [2.75, 3.05) is 6.61 Å². The van der Waals surface area contributed by atoms with E-state index in [-0.39, 0.29) is 47.1 Å². The first-order chi connectivity index (χ1) is 2.41. The molecule has 5 nitrogen and oxygen atoms in total. The monoisotopic (exact) mass is 136 g/mol. The Labute approximate surface area is 70.9 Å². The summed E-state index contributed by atoms with van der Waals surface area (Å²) in [4.78, 5) is 0. The first-order valence-electron chi connectivity index (χ1n) is 1.36. The van der Waals surface area contributed by atoms with Crippen LogP contribution in [0.3, 0.4) is 0 Å². The molecule has 0 saturated carbocycles. The van der Waals surface area contributed by atoms with Crippen LogP contribution < -0.4 is 41.2 Å². The molecule has 0 aromatic carbocycles. The van der Waals surface area contributed by atoms with Gasteiger partial charge in [-0.05, 0) is 6.92 Å². The molecule has 0 aromatic heterocycles. The Bertz CT molecular complexity index is 15.2. The summed E-state index contributed by atoms with van der Waals surface area (Å²) in [7, 11) is 0. The molecule has 50 valence electrons. The Kier molecular flexibility index (Phi) is 516. The topological polar surface area (TPSA) is 134 Å². The summed E-state index contributed by atoms with van der Waals surface area (Å²) in [5.41, 5.74) is 0. The first kappa shape index (κ1) is 37.1. The van der Waals surface area contributed by atoms with Gasteiger partial charge in [-0.3, -0.25) is 11.7 Å². The Morgan fingerprint density at radius 3 is 1.38 bits per heavy atom. The van der Waals surface area contributed by atoms with Gasteiger partial charge in [0.25, 0.3) is 0 Å². The molecule has 0 unspecified atom stereocenters. The van der Waals surface area contributed by atoms with Crippen molar-refractivity contribution in [3.63, 3.8) is 0 Å². The number of rotatable bonds is 0.